The Morgan fingerprint density at radius 3 is 2.56 bits per heavy atom. The summed E-state index contributed by atoms with van der Waals surface area (Å²) in [5.74, 6) is 1.91. The quantitative estimate of drug-likeness (QED) is 0.586. The summed E-state index contributed by atoms with van der Waals surface area (Å²) in [6, 6.07) is 8.26. The summed E-state index contributed by atoms with van der Waals surface area (Å²) in [6.45, 7) is 6.90. The van der Waals surface area contributed by atoms with Crippen LogP contribution in [0.1, 0.15) is 26.2 Å². The van der Waals surface area contributed by atoms with Gasteiger partial charge in [-0.2, -0.15) is 0 Å². The molecule has 1 saturated heterocycles. The van der Waals surface area contributed by atoms with Gasteiger partial charge in [0.05, 0.1) is 6.61 Å². The Balaban J connectivity index is 1.60. The van der Waals surface area contributed by atoms with E-state index in [0.717, 1.165) is 24.7 Å². The Hall–Kier alpha value is -0.290. The minimum Gasteiger partial charge on any atom is -0.494 e. The van der Waals surface area contributed by atoms with E-state index in [9.17, 15) is 0 Å². The van der Waals surface area contributed by atoms with Crippen LogP contribution in [0.25, 0.3) is 0 Å². The fourth-order valence-electron chi connectivity index (χ4n) is 2.29. The van der Waals surface area contributed by atoms with Gasteiger partial charge >= 0.3 is 0 Å². The van der Waals surface area contributed by atoms with Crippen molar-refractivity contribution in [3.63, 3.8) is 0 Å². The van der Waals surface area contributed by atoms with E-state index in [-0.39, 0.29) is 0 Å². The van der Waals surface area contributed by atoms with Gasteiger partial charge in [-0.25, -0.2) is 0 Å². The summed E-state index contributed by atoms with van der Waals surface area (Å²) < 4.78 is 7.00. The Morgan fingerprint density at radius 2 is 1.89 bits per heavy atom. The topological polar surface area (TPSA) is 12.5 Å². The molecule has 1 aromatic rings. The number of hydrogen-bond donors (Lipinski definition) is 0. The van der Waals surface area contributed by atoms with Crippen LogP contribution in [0, 0.1) is 9.49 Å². The zero-order chi connectivity index (χ0) is 12.8. The molecule has 0 N–H and O–H groups in total. The minimum atomic E-state index is 0.826. The highest BCUT2D eigenvalue weighted by molar-refractivity contribution is 14.1. The molecule has 0 unspecified atom stereocenters. The van der Waals surface area contributed by atoms with Gasteiger partial charge in [0.25, 0.3) is 0 Å². The number of nitrogens with zero attached hydrogens (tertiary/aromatic N) is 1. The lowest BCUT2D eigenvalue weighted by Gasteiger charge is -2.30. The smallest absolute Gasteiger partial charge is 0.119 e. The van der Waals surface area contributed by atoms with E-state index in [0.29, 0.717) is 0 Å². The third-order valence-electron chi connectivity index (χ3n) is 3.58. The normalized spacial score (nSPS) is 17.9. The molecule has 2 rings (SSSR count). The largest absolute Gasteiger partial charge is 0.494 e. The summed E-state index contributed by atoms with van der Waals surface area (Å²) in [5, 5.41) is 0. The van der Waals surface area contributed by atoms with Gasteiger partial charge in [-0.1, -0.05) is 6.92 Å². The molecule has 1 heterocycles. The SMILES string of the molecule is CC1CCN(CCCOc2ccc(I)cc2)CC1. The van der Waals surface area contributed by atoms with Crippen molar-refractivity contribution in [1.82, 2.24) is 4.90 Å². The highest BCUT2D eigenvalue weighted by atomic mass is 127. The third kappa shape index (κ3) is 4.76. The maximum atomic E-state index is 5.74. The first-order valence-electron chi connectivity index (χ1n) is 6.85. The Bertz CT molecular complexity index is 344. The Kier molecular flexibility index (Phi) is 5.76. The average Bonchev–Trinajstić information content (AvgIpc) is 2.39. The maximum Gasteiger partial charge on any atom is 0.119 e. The van der Waals surface area contributed by atoms with Gasteiger partial charge in [0, 0.05) is 10.1 Å². The maximum absolute atomic E-state index is 5.74. The standard InChI is InChI=1S/C15H22INO/c1-13-7-10-17(11-8-13)9-2-12-18-15-5-3-14(16)4-6-15/h3-6,13H,2,7-12H2,1H3. The molecule has 2 nitrogen and oxygen atoms in total. The van der Waals surface area contributed by atoms with Crippen LogP contribution in [-0.2, 0) is 0 Å². The molecule has 1 aliphatic heterocycles. The fourth-order valence-corrected chi connectivity index (χ4v) is 2.65. The molecule has 1 fully saturated rings. The van der Waals surface area contributed by atoms with Crippen LogP contribution >= 0.6 is 22.6 Å². The molecule has 100 valence electrons. The molecule has 1 aromatic carbocycles. The molecule has 0 atom stereocenters. The molecular formula is C15H22INO. The van der Waals surface area contributed by atoms with Crippen molar-refractivity contribution >= 4 is 22.6 Å². The van der Waals surface area contributed by atoms with Gasteiger partial charge in [0.2, 0.25) is 0 Å². The molecule has 1 aliphatic rings. The van der Waals surface area contributed by atoms with Gasteiger partial charge in [-0.3, -0.25) is 0 Å². The first-order valence-corrected chi connectivity index (χ1v) is 7.92. The summed E-state index contributed by atoms with van der Waals surface area (Å²) in [7, 11) is 0. The molecule has 0 radical (unpaired) electrons. The monoisotopic (exact) mass is 359 g/mol. The van der Waals surface area contributed by atoms with Gasteiger partial charge in [0.15, 0.2) is 0 Å². The second kappa shape index (κ2) is 7.34. The first-order chi connectivity index (χ1) is 8.74. The Morgan fingerprint density at radius 1 is 1.22 bits per heavy atom. The zero-order valence-electron chi connectivity index (χ0n) is 11.1. The van der Waals surface area contributed by atoms with Crippen LogP contribution in [0.15, 0.2) is 24.3 Å². The molecule has 0 aromatic heterocycles. The molecule has 0 bridgehead atoms. The van der Waals surface area contributed by atoms with Crippen molar-refractivity contribution in [3.8, 4) is 5.75 Å². The number of ether oxygens (including phenoxy) is 1. The number of hydrogen-bond acceptors (Lipinski definition) is 2. The van der Waals surface area contributed by atoms with Gasteiger partial charge < -0.3 is 9.64 Å². The predicted octanol–water partition coefficient (Wildman–Crippen LogP) is 3.79. The van der Waals surface area contributed by atoms with Gasteiger partial charge in [-0.15, -0.1) is 0 Å². The van der Waals surface area contributed by atoms with Crippen molar-refractivity contribution < 1.29 is 4.74 Å². The van der Waals surface area contributed by atoms with Crippen molar-refractivity contribution in [2.24, 2.45) is 5.92 Å². The van der Waals surface area contributed by atoms with Crippen LogP contribution in [0.4, 0.5) is 0 Å². The first kappa shape index (κ1) is 14.1. The van der Waals surface area contributed by atoms with Crippen LogP contribution in [-0.4, -0.2) is 31.1 Å². The van der Waals surface area contributed by atoms with Gasteiger partial charge in [-0.05, 0) is 85.1 Å². The third-order valence-corrected chi connectivity index (χ3v) is 4.30. The Labute approximate surface area is 124 Å². The second-order valence-corrected chi connectivity index (χ2v) is 6.43. The lowest BCUT2D eigenvalue weighted by molar-refractivity contribution is 0.177. The lowest BCUT2D eigenvalue weighted by Crippen LogP contribution is -2.34. The van der Waals surface area contributed by atoms with E-state index in [1.807, 2.05) is 12.1 Å². The summed E-state index contributed by atoms with van der Waals surface area (Å²) in [4.78, 5) is 2.57. The minimum absolute atomic E-state index is 0.826. The van der Waals surface area contributed by atoms with E-state index < -0.39 is 0 Å². The second-order valence-electron chi connectivity index (χ2n) is 5.18. The van der Waals surface area contributed by atoms with E-state index >= 15 is 0 Å². The molecular weight excluding hydrogens is 337 g/mol. The zero-order valence-corrected chi connectivity index (χ0v) is 13.2. The summed E-state index contributed by atoms with van der Waals surface area (Å²) in [6.07, 6.45) is 3.84. The highest BCUT2D eigenvalue weighted by Gasteiger charge is 2.14. The van der Waals surface area contributed by atoms with Gasteiger partial charge in [0.1, 0.15) is 5.75 Å². The van der Waals surface area contributed by atoms with E-state index in [1.165, 1.54) is 36.0 Å². The summed E-state index contributed by atoms with van der Waals surface area (Å²) in [5.41, 5.74) is 0. The number of piperidine rings is 1. The van der Waals surface area contributed by atoms with Crippen LogP contribution < -0.4 is 4.74 Å². The van der Waals surface area contributed by atoms with Crippen LogP contribution in [0.3, 0.4) is 0 Å². The molecule has 3 heteroatoms. The highest BCUT2D eigenvalue weighted by Crippen LogP contribution is 2.16. The van der Waals surface area contributed by atoms with Crippen LogP contribution in [0.5, 0.6) is 5.75 Å². The fraction of sp³-hybridized carbons (Fsp3) is 0.600. The van der Waals surface area contributed by atoms with E-state index in [4.69, 9.17) is 4.74 Å². The van der Waals surface area contributed by atoms with Crippen molar-refractivity contribution in [2.45, 2.75) is 26.2 Å². The number of benzene rings is 1. The van der Waals surface area contributed by atoms with Crippen LogP contribution in [0.2, 0.25) is 0 Å². The molecule has 0 spiro atoms. The summed E-state index contributed by atoms with van der Waals surface area (Å²) >= 11 is 2.31. The molecule has 18 heavy (non-hydrogen) atoms. The molecule has 0 amide bonds. The number of halogens is 1. The lowest BCUT2D eigenvalue weighted by atomic mass is 9.99. The molecule has 0 saturated carbocycles. The average molecular weight is 359 g/mol. The van der Waals surface area contributed by atoms with E-state index in [2.05, 4.69) is 46.5 Å². The number of likely N-dealkylation sites (tertiary alicyclic amines) is 1. The van der Waals surface area contributed by atoms with Crippen molar-refractivity contribution in [1.29, 1.82) is 0 Å². The van der Waals surface area contributed by atoms with Crippen molar-refractivity contribution in [3.05, 3.63) is 27.8 Å². The van der Waals surface area contributed by atoms with E-state index in [1.54, 1.807) is 0 Å². The predicted molar refractivity (Wildman–Crippen MR) is 84.1 cm³/mol. The number of rotatable bonds is 5. The van der Waals surface area contributed by atoms with Crippen molar-refractivity contribution in [2.75, 3.05) is 26.2 Å². The molecule has 0 aliphatic carbocycles.